The van der Waals surface area contributed by atoms with Gasteiger partial charge in [0.15, 0.2) is 0 Å². The molecule has 0 atom stereocenters. The van der Waals surface area contributed by atoms with Gasteiger partial charge >= 0.3 is 45.5 Å². The second kappa shape index (κ2) is 37.3. The van der Waals surface area contributed by atoms with Gasteiger partial charge < -0.3 is 16.4 Å². The van der Waals surface area contributed by atoms with Crippen LogP contribution < -0.4 is 0 Å². The van der Waals surface area contributed by atoms with Gasteiger partial charge in [0.1, 0.15) is 0 Å². The van der Waals surface area contributed by atoms with E-state index in [0.717, 1.165) is 0 Å². The van der Waals surface area contributed by atoms with E-state index in [1.54, 1.807) is 0 Å². The third-order valence-corrected chi connectivity index (χ3v) is 0. The molecule has 0 rings (SSSR count). The van der Waals surface area contributed by atoms with Crippen LogP contribution in [0.25, 0.3) is 0 Å². The van der Waals surface area contributed by atoms with Gasteiger partial charge in [0, 0.05) is 20.1 Å². The quantitative estimate of drug-likeness (QED) is 0.525. The Morgan fingerprint density at radius 3 is 0.600 bits per heavy atom. The van der Waals surface area contributed by atoms with Crippen molar-refractivity contribution < 1.29 is 36.5 Å². The molecule has 0 heterocycles. The van der Waals surface area contributed by atoms with Crippen LogP contribution in [0.1, 0.15) is 0 Å². The van der Waals surface area contributed by atoms with Crippen molar-refractivity contribution in [1.29, 1.82) is 0 Å². The molecule has 0 spiro atoms. The van der Waals surface area contributed by atoms with E-state index in [2.05, 4.69) is 0 Å². The fourth-order valence-electron chi connectivity index (χ4n) is 0. The van der Waals surface area contributed by atoms with Crippen LogP contribution in [0.2, 0.25) is 0 Å². The van der Waals surface area contributed by atoms with Crippen LogP contribution in [0.5, 0.6) is 0 Å². The van der Waals surface area contributed by atoms with E-state index in [4.69, 9.17) is 0 Å². The molecular weight excluding hydrogens is 328 g/mol. The predicted octanol–water partition coefficient (Wildman–Crippen LogP) is -0.740. The Labute approximate surface area is 80.7 Å². The first-order chi connectivity index (χ1) is 0. The molecular formula is IrO3Sr-4. The van der Waals surface area contributed by atoms with Crippen molar-refractivity contribution in [2.75, 3.05) is 0 Å². The Morgan fingerprint density at radius 2 is 0.600 bits per heavy atom. The maximum absolute atomic E-state index is 0. The summed E-state index contributed by atoms with van der Waals surface area (Å²) in [6.07, 6.45) is 0. The Hall–Kier alpha value is 2.01. The summed E-state index contributed by atoms with van der Waals surface area (Å²) in [5, 5.41) is 0. The average Bonchev–Trinajstić information content (AvgIpc) is 0. The van der Waals surface area contributed by atoms with Gasteiger partial charge in [-0.2, -0.15) is 0 Å². The van der Waals surface area contributed by atoms with E-state index in [9.17, 15) is 0 Å². The first-order valence-electron chi connectivity index (χ1n) is 0. The maximum atomic E-state index is 0. The number of hydrogen-bond acceptors (Lipinski definition) is 0. The normalized spacial score (nSPS) is 0. The van der Waals surface area contributed by atoms with Gasteiger partial charge in [0.05, 0.1) is 0 Å². The smallest absolute Gasteiger partial charge is 2.00 e. The van der Waals surface area contributed by atoms with Crippen LogP contribution in [0.15, 0.2) is 0 Å². The molecule has 0 saturated heterocycles. The minimum absolute atomic E-state index is 0. The van der Waals surface area contributed by atoms with Crippen molar-refractivity contribution in [3.63, 3.8) is 0 Å². The van der Waals surface area contributed by atoms with E-state index < -0.39 is 0 Å². The molecule has 0 aliphatic rings. The van der Waals surface area contributed by atoms with Crippen LogP contribution in [0.4, 0.5) is 0 Å². The van der Waals surface area contributed by atoms with E-state index >= 15 is 0 Å². The van der Waals surface area contributed by atoms with Crippen LogP contribution in [-0.4, -0.2) is 45.5 Å². The third kappa shape index (κ3) is 23.9. The summed E-state index contributed by atoms with van der Waals surface area (Å²) >= 11 is 0. The van der Waals surface area contributed by atoms with E-state index in [0.29, 0.717) is 0 Å². The van der Waals surface area contributed by atoms with Crippen molar-refractivity contribution in [2.24, 2.45) is 0 Å². The molecule has 0 saturated carbocycles. The minimum atomic E-state index is 0. The summed E-state index contributed by atoms with van der Waals surface area (Å²) in [6.45, 7) is 0. The molecule has 1 radical (unpaired) electrons. The molecule has 3 nitrogen and oxygen atoms in total. The molecule has 0 aliphatic heterocycles. The molecule has 0 aromatic carbocycles. The summed E-state index contributed by atoms with van der Waals surface area (Å²) < 4.78 is 0. The third-order valence-electron chi connectivity index (χ3n) is 0. The zero-order valence-electron chi connectivity index (χ0n) is 2.27. The fraction of sp³-hybridized carbons (Fsp3) is 0. The van der Waals surface area contributed by atoms with E-state index in [-0.39, 0.29) is 82.0 Å². The molecule has 0 aromatic rings. The van der Waals surface area contributed by atoms with Crippen LogP contribution in [0.3, 0.4) is 0 Å². The Kier molecular flexibility index (Phi) is 468. The average molecular weight is 328 g/mol. The van der Waals surface area contributed by atoms with Crippen LogP contribution in [-0.2, 0) is 36.5 Å². The maximum Gasteiger partial charge on any atom is 2.00 e. The van der Waals surface area contributed by atoms with Crippen molar-refractivity contribution in [3.05, 3.63) is 0 Å². The van der Waals surface area contributed by atoms with Crippen molar-refractivity contribution in [1.82, 2.24) is 0 Å². The van der Waals surface area contributed by atoms with Gasteiger partial charge in [-0.1, -0.05) is 0 Å². The number of rotatable bonds is 0. The predicted molar refractivity (Wildman–Crippen MR) is 7.81 cm³/mol. The zero-order valence-corrected chi connectivity index (χ0v) is 8.14. The Bertz CT molecular complexity index is 6.85. The molecule has 0 N–H and O–H groups in total. The van der Waals surface area contributed by atoms with Crippen LogP contribution >= 0.6 is 0 Å². The molecule has 5 heavy (non-hydrogen) atoms. The summed E-state index contributed by atoms with van der Waals surface area (Å²) in [5.74, 6) is 0. The first-order valence-corrected chi connectivity index (χ1v) is 0. The van der Waals surface area contributed by atoms with Crippen molar-refractivity contribution in [2.45, 2.75) is 0 Å². The minimum Gasteiger partial charge on any atom is -2.00 e. The van der Waals surface area contributed by atoms with Crippen molar-refractivity contribution >= 4 is 45.5 Å². The van der Waals surface area contributed by atoms with Gasteiger partial charge in [-0.3, -0.25) is 0 Å². The molecule has 0 aromatic heterocycles. The van der Waals surface area contributed by atoms with Gasteiger partial charge in [0.25, 0.3) is 0 Å². The number of hydrogen-bond donors (Lipinski definition) is 0. The van der Waals surface area contributed by atoms with Gasteiger partial charge in [-0.25, -0.2) is 0 Å². The van der Waals surface area contributed by atoms with E-state index in [1.807, 2.05) is 0 Å². The molecule has 33 valence electrons. The zero-order chi connectivity index (χ0) is 0. The monoisotopic (exact) mass is 329 g/mol. The second-order valence-electron chi connectivity index (χ2n) is 0. The summed E-state index contributed by atoms with van der Waals surface area (Å²) in [7, 11) is 0. The molecule has 0 fully saturated rings. The second-order valence-corrected chi connectivity index (χ2v) is 0. The SMILES string of the molecule is [Ir].[O-2].[O-2].[O-2].[Sr+2]. The molecule has 0 aliphatic carbocycles. The summed E-state index contributed by atoms with van der Waals surface area (Å²) in [6, 6.07) is 0. The molecule has 0 unspecified atom stereocenters. The van der Waals surface area contributed by atoms with E-state index in [1.165, 1.54) is 0 Å². The molecule has 5 heteroatoms. The molecule has 0 amide bonds. The largest absolute Gasteiger partial charge is 2.00 e. The Balaban J connectivity index is 0. The van der Waals surface area contributed by atoms with Gasteiger partial charge in [-0.15, -0.1) is 0 Å². The standard InChI is InChI=1S/Ir.3O.Sr/q;3*-2;+2. The summed E-state index contributed by atoms with van der Waals surface area (Å²) in [5.41, 5.74) is 0. The van der Waals surface area contributed by atoms with Crippen LogP contribution in [0, 0.1) is 0 Å². The van der Waals surface area contributed by atoms with Crippen molar-refractivity contribution in [3.8, 4) is 0 Å². The fourth-order valence-corrected chi connectivity index (χ4v) is 0. The van der Waals surface area contributed by atoms with Gasteiger partial charge in [-0.05, 0) is 0 Å². The first kappa shape index (κ1) is 62.7. The van der Waals surface area contributed by atoms with Gasteiger partial charge in [0.2, 0.25) is 0 Å². The Morgan fingerprint density at radius 1 is 0.600 bits per heavy atom. The summed E-state index contributed by atoms with van der Waals surface area (Å²) in [4.78, 5) is 0. The molecule has 0 bridgehead atoms. The topological polar surface area (TPSA) is 85.5 Å².